The van der Waals surface area contributed by atoms with E-state index in [9.17, 15) is 4.39 Å². The van der Waals surface area contributed by atoms with Gasteiger partial charge in [-0.15, -0.1) is 0 Å². The number of hydrogen-bond acceptors (Lipinski definition) is 1. The van der Waals surface area contributed by atoms with E-state index >= 15 is 0 Å². The smallest absolute Gasteiger partial charge is 0.195 e. The van der Waals surface area contributed by atoms with E-state index in [1.807, 2.05) is 0 Å². The topological polar surface area (TPSA) is 26.0 Å². The third-order valence-electron chi connectivity index (χ3n) is 1.23. The van der Waals surface area contributed by atoms with Crippen LogP contribution < -0.4 is 5.73 Å². The zero-order valence-corrected chi connectivity index (χ0v) is 7.03. The van der Waals surface area contributed by atoms with Crippen LogP contribution in [-0.2, 0) is 4.46 Å². The van der Waals surface area contributed by atoms with Gasteiger partial charge in [-0.1, -0.05) is 41.4 Å². The maximum atomic E-state index is 12.8. The van der Waals surface area contributed by atoms with Gasteiger partial charge in [-0.2, -0.15) is 0 Å². The van der Waals surface area contributed by atoms with Crippen molar-refractivity contribution in [3.63, 3.8) is 0 Å². The quantitative estimate of drug-likeness (QED) is 0.539. The van der Waals surface area contributed by atoms with Gasteiger partial charge < -0.3 is 0 Å². The molecule has 4 heteroatoms. The average molecular weight is 194 g/mol. The Hall–Kier alpha value is -0.310. The van der Waals surface area contributed by atoms with Crippen molar-refractivity contribution in [2.24, 2.45) is 5.73 Å². The van der Waals surface area contributed by atoms with Gasteiger partial charge >= 0.3 is 0 Å². The van der Waals surface area contributed by atoms with Crippen molar-refractivity contribution < 1.29 is 4.39 Å². The van der Waals surface area contributed by atoms with Gasteiger partial charge in [0.05, 0.1) is 0 Å². The summed E-state index contributed by atoms with van der Waals surface area (Å²) in [6, 6.07) is 5.85. The molecule has 0 radical (unpaired) electrons. The van der Waals surface area contributed by atoms with E-state index in [1.54, 1.807) is 12.1 Å². The molecule has 0 fully saturated rings. The van der Waals surface area contributed by atoms with Crippen molar-refractivity contribution in [1.82, 2.24) is 0 Å². The fourth-order valence-electron chi connectivity index (χ4n) is 0.732. The van der Waals surface area contributed by atoms with Gasteiger partial charge in [-0.25, -0.2) is 4.39 Å². The molecule has 0 aliphatic carbocycles. The van der Waals surface area contributed by atoms with Crippen molar-refractivity contribution in [3.8, 4) is 0 Å². The predicted molar refractivity (Wildman–Crippen MR) is 44.0 cm³/mol. The summed E-state index contributed by atoms with van der Waals surface area (Å²) in [7, 11) is 0. The Kier molecular flexibility index (Phi) is 2.37. The Balaban J connectivity index is 3.14. The van der Waals surface area contributed by atoms with Crippen LogP contribution in [0.3, 0.4) is 0 Å². The van der Waals surface area contributed by atoms with E-state index < -0.39 is 10.3 Å². The minimum atomic E-state index is -1.65. The second kappa shape index (κ2) is 2.97. The third kappa shape index (κ3) is 2.06. The molecule has 0 aliphatic rings. The highest BCUT2D eigenvalue weighted by Gasteiger charge is 2.23. The average Bonchev–Trinajstić information content (AvgIpc) is 1.86. The van der Waals surface area contributed by atoms with Gasteiger partial charge in [-0.05, 0) is 6.07 Å². The normalized spacial score (nSPS) is 11.6. The second-order valence-electron chi connectivity index (χ2n) is 2.10. The second-order valence-corrected chi connectivity index (χ2v) is 3.49. The molecule has 1 aromatic rings. The van der Waals surface area contributed by atoms with Crippen LogP contribution in [0.15, 0.2) is 24.3 Å². The zero-order valence-electron chi connectivity index (χ0n) is 5.52. The summed E-state index contributed by atoms with van der Waals surface area (Å²) in [5.74, 6) is -0.500. The summed E-state index contributed by atoms with van der Waals surface area (Å²) in [6.07, 6.45) is 0. The summed E-state index contributed by atoms with van der Waals surface area (Å²) < 4.78 is 11.2. The molecule has 0 spiro atoms. The Labute approximate surface area is 73.9 Å². The number of alkyl halides is 2. The minimum Gasteiger partial charge on any atom is -0.296 e. The molecule has 1 aromatic carbocycles. The standard InChI is InChI=1S/C7H6Cl2FN/c8-7(9,11)5-3-1-2-4-6(5)10/h1-4H,11H2. The van der Waals surface area contributed by atoms with Crippen molar-refractivity contribution in [2.45, 2.75) is 4.46 Å². The van der Waals surface area contributed by atoms with E-state index in [-0.39, 0.29) is 5.56 Å². The summed E-state index contributed by atoms with van der Waals surface area (Å²) in [5, 5.41) is 0. The molecule has 0 bridgehead atoms. The van der Waals surface area contributed by atoms with Crippen LogP contribution in [0.5, 0.6) is 0 Å². The highest BCUT2D eigenvalue weighted by Crippen LogP contribution is 2.28. The van der Waals surface area contributed by atoms with E-state index in [0.717, 1.165) is 0 Å². The summed E-state index contributed by atoms with van der Waals surface area (Å²) in [4.78, 5) is 0. The monoisotopic (exact) mass is 193 g/mol. The molecule has 0 aliphatic heterocycles. The van der Waals surface area contributed by atoms with Gasteiger partial charge in [0.15, 0.2) is 4.46 Å². The fourth-order valence-corrected chi connectivity index (χ4v) is 1.04. The van der Waals surface area contributed by atoms with Gasteiger partial charge in [0, 0.05) is 5.56 Å². The van der Waals surface area contributed by atoms with Gasteiger partial charge in [0.25, 0.3) is 0 Å². The Bertz CT molecular complexity index is 257. The molecular formula is C7H6Cl2FN. The summed E-state index contributed by atoms with van der Waals surface area (Å²) >= 11 is 10.9. The van der Waals surface area contributed by atoms with Crippen LogP contribution in [0.2, 0.25) is 0 Å². The minimum absolute atomic E-state index is 0.0864. The van der Waals surface area contributed by atoms with E-state index in [0.29, 0.717) is 0 Å². The molecule has 0 saturated heterocycles. The molecule has 0 heterocycles. The number of hydrogen-bond donors (Lipinski definition) is 1. The van der Waals surface area contributed by atoms with E-state index in [2.05, 4.69) is 0 Å². The van der Waals surface area contributed by atoms with Crippen LogP contribution in [0, 0.1) is 5.82 Å². The Morgan fingerprint density at radius 1 is 1.27 bits per heavy atom. The van der Waals surface area contributed by atoms with E-state index in [1.165, 1.54) is 12.1 Å². The summed E-state index contributed by atoms with van der Waals surface area (Å²) in [6.45, 7) is 0. The Morgan fingerprint density at radius 2 is 1.82 bits per heavy atom. The maximum absolute atomic E-state index is 12.8. The van der Waals surface area contributed by atoms with Crippen molar-refractivity contribution in [1.29, 1.82) is 0 Å². The first kappa shape index (κ1) is 8.78. The first-order chi connectivity index (χ1) is 5.02. The molecule has 0 atom stereocenters. The number of halogens is 3. The summed E-state index contributed by atoms with van der Waals surface area (Å²) in [5.41, 5.74) is 5.33. The molecule has 0 unspecified atom stereocenters. The SMILES string of the molecule is NC(Cl)(Cl)c1ccccc1F. The van der Waals surface area contributed by atoms with Crippen LogP contribution in [0.4, 0.5) is 4.39 Å². The number of rotatable bonds is 1. The zero-order chi connectivity index (χ0) is 8.48. The molecule has 0 amide bonds. The van der Waals surface area contributed by atoms with Crippen LogP contribution in [0.25, 0.3) is 0 Å². The highest BCUT2D eigenvalue weighted by atomic mass is 35.5. The predicted octanol–water partition coefficient (Wildman–Crippen LogP) is 2.37. The van der Waals surface area contributed by atoms with Crippen LogP contribution >= 0.6 is 23.2 Å². The molecule has 60 valence electrons. The van der Waals surface area contributed by atoms with Gasteiger partial charge in [-0.3, -0.25) is 5.73 Å². The lowest BCUT2D eigenvalue weighted by atomic mass is 10.2. The highest BCUT2D eigenvalue weighted by molar-refractivity contribution is 6.47. The Morgan fingerprint density at radius 3 is 2.18 bits per heavy atom. The van der Waals surface area contributed by atoms with Crippen molar-refractivity contribution >= 4 is 23.2 Å². The molecule has 2 N–H and O–H groups in total. The van der Waals surface area contributed by atoms with Crippen LogP contribution in [0.1, 0.15) is 5.56 Å². The first-order valence-corrected chi connectivity index (χ1v) is 3.69. The fraction of sp³-hybridized carbons (Fsp3) is 0.143. The van der Waals surface area contributed by atoms with E-state index in [4.69, 9.17) is 28.9 Å². The lowest BCUT2D eigenvalue weighted by Crippen LogP contribution is -2.23. The van der Waals surface area contributed by atoms with Gasteiger partial charge in [0.2, 0.25) is 0 Å². The third-order valence-corrected chi connectivity index (χ3v) is 1.64. The molecule has 0 aromatic heterocycles. The lowest BCUT2D eigenvalue weighted by molar-refractivity contribution is 0.601. The van der Waals surface area contributed by atoms with Crippen LogP contribution in [-0.4, -0.2) is 0 Å². The lowest BCUT2D eigenvalue weighted by Gasteiger charge is -2.13. The number of nitrogens with two attached hydrogens (primary N) is 1. The first-order valence-electron chi connectivity index (χ1n) is 2.93. The molecule has 0 saturated carbocycles. The van der Waals surface area contributed by atoms with Gasteiger partial charge in [0.1, 0.15) is 5.82 Å². The largest absolute Gasteiger partial charge is 0.296 e. The molecule has 1 nitrogen and oxygen atoms in total. The maximum Gasteiger partial charge on any atom is 0.195 e. The van der Waals surface area contributed by atoms with Crippen molar-refractivity contribution in [2.75, 3.05) is 0 Å². The molecule has 1 rings (SSSR count). The molecular weight excluding hydrogens is 188 g/mol. The number of benzene rings is 1. The van der Waals surface area contributed by atoms with Crippen molar-refractivity contribution in [3.05, 3.63) is 35.6 Å². The molecule has 11 heavy (non-hydrogen) atoms.